The molecule has 2 heterocycles. The minimum atomic E-state index is -1.28. The van der Waals surface area contributed by atoms with Crippen molar-refractivity contribution in [1.29, 1.82) is 0 Å². The summed E-state index contributed by atoms with van der Waals surface area (Å²) in [6.07, 6.45) is 2.87. The number of carbonyl (C=O) groups excluding carboxylic acids is 1. The molecule has 1 amide bonds. The molecule has 4 rings (SSSR count). The first-order valence-electron chi connectivity index (χ1n) is 11.1. The third-order valence-electron chi connectivity index (χ3n) is 5.87. The predicted octanol–water partition coefficient (Wildman–Crippen LogP) is 4.02. The number of hydrogen-bond acceptors (Lipinski definition) is 5. The van der Waals surface area contributed by atoms with Crippen LogP contribution in [0.4, 0.5) is 24.5 Å². The van der Waals surface area contributed by atoms with Gasteiger partial charge >= 0.3 is 0 Å². The van der Waals surface area contributed by atoms with Gasteiger partial charge in [-0.25, -0.2) is 13.2 Å². The lowest BCUT2D eigenvalue weighted by atomic mass is 9.92. The number of amides is 1. The summed E-state index contributed by atoms with van der Waals surface area (Å²) in [6, 6.07) is 10.1. The van der Waals surface area contributed by atoms with Crippen LogP contribution in [0.5, 0.6) is 0 Å². The first kappa shape index (κ1) is 23.8. The van der Waals surface area contributed by atoms with Crippen molar-refractivity contribution in [3.05, 3.63) is 83.1 Å². The molecule has 3 N–H and O–H groups in total. The summed E-state index contributed by atoms with van der Waals surface area (Å²) in [7, 11) is 0. The van der Waals surface area contributed by atoms with Gasteiger partial charge < -0.3 is 25.1 Å². The topological polar surface area (TPSA) is 77.7 Å². The van der Waals surface area contributed by atoms with Crippen LogP contribution in [-0.2, 0) is 12.8 Å². The summed E-state index contributed by atoms with van der Waals surface area (Å²) in [5.74, 6) is -2.85. The van der Waals surface area contributed by atoms with E-state index in [1.165, 1.54) is 17.0 Å². The van der Waals surface area contributed by atoms with Crippen molar-refractivity contribution in [2.75, 3.05) is 31.5 Å². The van der Waals surface area contributed by atoms with Crippen LogP contribution in [0.2, 0.25) is 0 Å². The summed E-state index contributed by atoms with van der Waals surface area (Å²) >= 11 is 0. The second-order valence-electron chi connectivity index (χ2n) is 8.47. The van der Waals surface area contributed by atoms with Crippen LogP contribution >= 0.6 is 0 Å². The molecule has 0 spiro atoms. The molecule has 2 aromatic carbocycles. The van der Waals surface area contributed by atoms with E-state index in [9.17, 15) is 23.1 Å². The molecule has 6 nitrogen and oxygen atoms in total. The van der Waals surface area contributed by atoms with E-state index in [-0.39, 0.29) is 30.9 Å². The molecule has 180 valence electrons. The number of hydrogen-bond donors (Lipinski definition) is 3. The van der Waals surface area contributed by atoms with Crippen LogP contribution in [0.25, 0.3) is 0 Å². The number of carbonyl (C=O) groups is 1. The first-order valence-corrected chi connectivity index (χ1v) is 11.1. The number of aliphatic hydroxyl groups is 1. The zero-order chi connectivity index (χ0) is 24.3. The van der Waals surface area contributed by atoms with E-state index < -0.39 is 34.6 Å². The zero-order valence-corrected chi connectivity index (χ0v) is 18.7. The molecule has 1 aromatic heterocycles. The Labute approximate surface area is 195 Å². The molecule has 1 fully saturated rings. The van der Waals surface area contributed by atoms with E-state index in [0.29, 0.717) is 19.4 Å². The highest BCUT2D eigenvalue weighted by Crippen LogP contribution is 2.31. The van der Waals surface area contributed by atoms with Gasteiger partial charge in [0.1, 0.15) is 17.2 Å². The summed E-state index contributed by atoms with van der Waals surface area (Å²) in [5.41, 5.74) is -1.05. The van der Waals surface area contributed by atoms with Gasteiger partial charge in [-0.2, -0.15) is 0 Å². The Morgan fingerprint density at radius 1 is 1.15 bits per heavy atom. The number of anilines is 2. The highest BCUT2D eigenvalue weighted by Gasteiger charge is 2.44. The molecule has 0 radical (unpaired) electrons. The van der Waals surface area contributed by atoms with Crippen molar-refractivity contribution in [3.63, 3.8) is 0 Å². The fraction of sp³-hybridized carbons (Fsp3) is 0.320. The number of β-amino-alcohol motifs (C(OH)–C–C–N with tert-alkyl or cyclic N) is 1. The maximum absolute atomic E-state index is 14.6. The van der Waals surface area contributed by atoms with Crippen LogP contribution < -0.4 is 10.6 Å². The first-order chi connectivity index (χ1) is 16.3. The maximum Gasteiger partial charge on any atom is 0.256 e. The van der Waals surface area contributed by atoms with Crippen LogP contribution in [0.3, 0.4) is 0 Å². The number of nitrogens with zero attached hydrogens (tertiary/aromatic N) is 1. The molecule has 34 heavy (non-hydrogen) atoms. The number of furan rings is 1. The smallest absolute Gasteiger partial charge is 0.256 e. The number of likely N-dealkylation sites (tertiary alicyclic amines) is 1. The highest BCUT2D eigenvalue weighted by molar-refractivity contribution is 6.01. The summed E-state index contributed by atoms with van der Waals surface area (Å²) in [4.78, 5) is 14.4. The zero-order valence-electron chi connectivity index (χ0n) is 18.7. The largest absolute Gasteiger partial charge is 0.469 e. The molecule has 0 bridgehead atoms. The molecule has 0 atom stereocenters. The average molecular weight is 473 g/mol. The molecule has 0 saturated carbocycles. The molecule has 9 heteroatoms. The van der Waals surface area contributed by atoms with Gasteiger partial charge in [-0.15, -0.1) is 0 Å². The molecule has 3 aromatic rings. The molecule has 1 aliphatic heterocycles. The third-order valence-corrected chi connectivity index (χ3v) is 5.87. The maximum atomic E-state index is 14.6. The Morgan fingerprint density at radius 2 is 1.94 bits per heavy atom. The van der Waals surface area contributed by atoms with Crippen LogP contribution in [-0.4, -0.2) is 47.7 Å². The molecule has 0 aliphatic carbocycles. The number of nitrogens with one attached hydrogen (secondary N) is 2. The Bertz CT molecular complexity index is 1160. The van der Waals surface area contributed by atoms with E-state index in [4.69, 9.17) is 4.42 Å². The van der Waals surface area contributed by atoms with Crippen molar-refractivity contribution >= 4 is 17.3 Å². The minimum absolute atomic E-state index is 0.0254. The summed E-state index contributed by atoms with van der Waals surface area (Å²) < 4.78 is 48.3. The number of aryl methyl sites for hydroxylation is 1. The second-order valence-corrected chi connectivity index (χ2v) is 8.47. The normalized spacial score (nSPS) is 14.7. The number of halogens is 3. The van der Waals surface area contributed by atoms with Gasteiger partial charge in [0.05, 0.1) is 36.3 Å². The van der Waals surface area contributed by atoms with Gasteiger partial charge in [0.15, 0.2) is 11.6 Å². The van der Waals surface area contributed by atoms with Crippen molar-refractivity contribution in [1.82, 2.24) is 10.2 Å². The van der Waals surface area contributed by atoms with Crippen molar-refractivity contribution in [3.8, 4) is 0 Å². The second kappa shape index (κ2) is 9.90. The Balaban J connectivity index is 1.42. The van der Waals surface area contributed by atoms with Crippen LogP contribution in [0, 0.1) is 17.5 Å². The quantitative estimate of drug-likeness (QED) is 0.409. The fourth-order valence-corrected chi connectivity index (χ4v) is 3.94. The lowest BCUT2D eigenvalue weighted by molar-refractivity contribution is -0.0784. The highest BCUT2D eigenvalue weighted by atomic mass is 19.2. The van der Waals surface area contributed by atoms with Gasteiger partial charge in [-0.1, -0.05) is 13.0 Å². The predicted molar refractivity (Wildman–Crippen MR) is 122 cm³/mol. The Morgan fingerprint density at radius 3 is 2.62 bits per heavy atom. The Kier molecular flexibility index (Phi) is 6.95. The molecule has 0 unspecified atom stereocenters. The van der Waals surface area contributed by atoms with Gasteiger partial charge in [0.25, 0.3) is 5.91 Å². The molecule has 1 saturated heterocycles. The molecule has 1 aliphatic rings. The van der Waals surface area contributed by atoms with E-state index in [1.807, 2.05) is 13.0 Å². The van der Waals surface area contributed by atoms with Crippen molar-refractivity contribution in [2.24, 2.45) is 0 Å². The molecular weight excluding hydrogens is 447 g/mol. The summed E-state index contributed by atoms with van der Waals surface area (Å²) in [5, 5.41) is 16.3. The minimum Gasteiger partial charge on any atom is -0.469 e. The summed E-state index contributed by atoms with van der Waals surface area (Å²) in [6.45, 7) is 2.77. The molecular formula is C25H26F3N3O3. The van der Waals surface area contributed by atoms with Crippen molar-refractivity contribution in [2.45, 2.75) is 25.4 Å². The van der Waals surface area contributed by atoms with E-state index in [0.717, 1.165) is 23.5 Å². The van der Waals surface area contributed by atoms with E-state index >= 15 is 0 Å². The standard InChI is InChI=1S/C25H26F3N3O3/c1-2-16-5-8-21(20(27)12-16)30-23-18(6-7-19(26)22(23)28)24(32)31-14-25(33,15-31)13-29-10-9-17-4-3-11-34-17/h3-8,11-12,29-30,33H,2,9-10,13-15H2,1H3. The number of benzene rings is 2. The van der Waals surface area contributed by atoms with Gasteiger partial charge in [-0.05, 0) is 48.4 Å². The lowest BCUT2D eigenvalue weighted by Crippen LogP contribution is -2.67. The van der Waals surface area contributed by atoms with Crippen LogP contribution in [0.15, 0.2) is 53.1 Å². The van der Waals surface area contributed by atoms with Gasteiger partial charge in [-0.3, -0.25) is 4.79 Å². The van der Waals surface area contributed by atoms with Gasteiger partial charge in [0.2, 0.25) is 0 Å². The van der Waals surface area contributed by atoms with E-state index in [1.54, 1.807) is 18.4 Å². The SMILES string of the molecule is CCc1ccc(Nc2c(C(=O)N3CC(O)(CNCCc4ccco4)C3)ccc(F)c2F)c(F)c1. The van der Waals surface area contributed by atoms with E-state index in [2.05, 4.69) is 10.6 Å². The average Bonchev–Trinajstić information content (AvgIpc) is 3.32. The number of rotatable bonds is 9. The van der Waals surface area contributed by atoms with Crippen molar-refractivity contribution < 1.29 is 27.5 Å². The lowest BCUT2D eigenvalue weighted by Gasteiger charge is -2.46. The third kappa shape index (κ3) is 5.10. The van der Waals surface area contributed by atoms with Crippen LogP contribution in [0.1, 0.15) is 28.6 Å². The Hall–Kier alpha value is -3.30. The van der Waals surface area contributed by atoms with Gasteiger partial charge in [0, 0.05) is 19.5 Å². The fourth-order valence-electron chi connectivity index (χ4n) is 3.94. The monoisotopic (exact) mass is 473 g/mol.